The Balaban J connectivity index is 1.49. The molecule has 3 N–H and O–H groups in total. The molecule has 2 amide bonds. The molecule has 22 heavy (non-hydrogen) atoms. The van der Waals surface area contributed by atoms with Crippen LogP contribution in [0.25, 0.3) is 0 Å². The molecule has 2 fully saturated rings. The molecule has 1 saturated heterocycles. The summed E-state index contributed by atoms with van der Waals surface area (Å²) >= 11 is 1.74. The average Bonchev–Trinajstić information content (AvgIpc) is 3.28. The van der Waals surface area contributed by atoms with E-state index in [4.69, 9.17) is 0 Å². The lowest BCUT2D eigenvalue weighted by atomic mass is 10.0. The van der Waals surface area contributed by atoms with Gasteiger partial charge in [0, 0.05) is 18.3 Å². The van der Waals surface area contributed by atoms with Gasteiger partial charge < -0.3 is 15.7 Å². The molecular weight excluding hydrogens is 296 g/mol. The SMILES string of the molecule is O=C(NC[C@@]1(O)CCSC1)N[C@@H](Cc1ccccc1)C1CC1. The van der Waals surface area contributed by atoms with E-state index < -0.39 is 5.60 Å². The first kappa shape index (κ1) is 15.7. The molecule has 0 unspecified atom stereocenters. The van der Waals surface area contributed by atoms with E-state index >= 15 is 0 Å². The zero-order valence-corrected chi connectivity index (χ0v) is 13.6. The molecule has 1 saturated carbocycles. The lowest BCUT2D eigenvalue weighted by Gasteiger charge is -2.24. The second kappa shape index (κ2) is 6.92. The molecule has 2 atom stereocenters. The summed E-state index contributed by atoms with van der Waals surface area (Å²) in [6.07, 6.45) is 4.02. The van der Waals surface area contributed by atoms with Gasteiger partial charge in [-0.25, -0.2) is 4.79 Å². The first-order chi connectivity index (χ1) is 10.6. The minimum absolute atomic E-state index is 0.154. The van der Waals surface area contributed by atoms with Crippen molar-refractivity contribution in [2.75, 3.05) is 18.1 Å². The summed E-state index contributed by atoms with van der Waals surface area (Å²) in [5.74, 6) is 2.28. The lowest BCUT2D eigenvalue weighted by Crippen LogP contribution is -2.49. The van der Waals surface area contributed by atoms with Crippen LogP contribution in [0, 0.1) is 5.92 Å². The number of hydrogen-bond acceptors (Lipinski definition) is 3. The van der Waals surface area contributed by atoms with E-state index in [1.165, 1.54) is 18.4 Å². The minimum Gasteiger partial charge on any atom is -0.387 e. The van der Waals surface area contributed by atoms with Crippen LogP contribution in [0.15, 0.2) is 30.3 Å². The zero-order chi connectivity index (χ0) is 15.4. The van der Waals surface area contributed by atoms with Gasteiger partial charge in [0.05, 0.1) is 5.60 Å². The largest absolute Gasteiger partial charge is 0.387 e. The number of urea groups is 1. The smallest absolute Gasteiger partial charge is 0.315 e. The number of amides is 2. The van der Waals surface area contributed by atoms with Crippen LogP contribution in [0.5, 0.6) is 0 Å². The third kappa shape index (κ3) is 4.40. The van der Waals surface area contributed by atoms with Crippen LogP contribution in [-0.4, -0.2) is 40.8 Å². The Morgan fingerprint density at radius 1 is 1.36 bits per heavy atom. The number of aliphatic hydroxyl groups is 1. The molecule has 0 aromatic heterocycles. The normalized spacial score (nSPS) is 25.7. The lowest BCUT2D eigenvalue weighted by molar-refractivity contribution is 0.0698. The Labute approximate surface area is 136 Å². The van der Waals surface area contributed by atoms with Crippen molar-refractivity contribution in [2.45, 2.75) is 37.3 Å². The fourth-order valence-electron chi connectivity index (χ4n) is 2.90. The molecule has 1 aliphatic heterocycles. The number of hydrogen-bond donors (Lipinski definition) is 3. The van der Waals surface area contributed by atoms with Crippen molar-refractivity contribution in [1.29, 1.82) is 0 Å². The average molecular weight is 320 g/mol. The van der Waals surface area contributed by atoms with Crippen molar-refractivity contribution in [3.05, 3.63) is 35.9 Å². The molecule has 3 rings (SSSR count). The maximum atomic E-state index is 12.1. The highest BCUT2D eigenvalue weighted by Crippen LogP contribution is 2.34. The Bertz CT molecular complexity index is 499. The summed E-state index contributed by atoms with van der Waals surface area (Å²) in [6, 6.07) is 10.3. The Hall–Kier alpha value is -1.20. The summed E-state index contributed by atoms with van der Waals surface area (Å²) < 4.78 is 0. The van der Waals surface area contributed by atoms with Crippen molar-refractivity contribution in [3.63, 3.8) is 0 Å². The second-order valence-corrected chi connectivity index (χ2v) is 7.59. The first-order valence-corrected chi connectivity index (χ1v) is 9.18. The fourth-order valence-corrected chi connectivity index (χ4v) is 4.20. The maximum Gasteiger partial charge on any atom is 0.315 e. The van der Waals surface area contributed by atoms with Crippen molar-refractivity contribution < 1.29 is 9.90 Å². The van der Waals surface area contributed by atoms with Crippen LogP contribution >= 0.6 is 11.8 Å². The number of benzene rings is 1. The molecule has 1 aromatic carbocycles. The number of carbonyl (C=O) groups is 1. The third-order valence-corrected chi connectivity index (χ3v) is 5.70. The van der Waals surface area contributed by atoms with Gasteiger partial charge in [-0.15, -0.1) is 0 Å². The quantitative estimate of drug-likeness (QED) is 0.753. The predicted molar refractivity (Wildman–Crippen MR) is 90.1 cm³/mol. The van der Waals surface area contributed by atoms with E-state index in [-0.39, 0.29) is 12.1 Å². The third-order valence-electron chi connectivity index (χ3n) is 4.47. The van der Waals surface area contributed by atoms with E-state index in [1.54, 1.807) is 11.8 Å². The summed E-state index contributed by atoms with van der Waals surface area (Å²) in [5, 5.41) is 16.2. The molecule has 4 nitrogen and oxygen atoms in total. The van der Waals surface area contributed by atoms with Crippen molar-refractivity contribution >= 4 is 17.8 Å². The molecule has 1 heterocycles. The second-order valence-electron chi connectivity index (χ2n) is 6.49. The van der Waals surface area contributed by atoms with Crippen LogP contribution in [0.4, 0.5) is 4.79 Å². The van der Waals surface area contributed by atoms with E-state index in [9.17, 15) is 9.90 Å². The van der Waals surface area contributed by atoms with E-state index in [0.29, 0.717) is 18.2 Å². The Morgan fingerprint density at radius 3 is 2.77 bits per heavy atom. The van der Waals surface area contributed by atoms with E-state index in [2.05, 4.69) is 22.8 Å². The molecule has 5 heteroatoms. The standard InChI is InChI=1S/C17H24N2O2S/c20-16(18-11-17(21)8-9-22-12-17)19-15(14-6-7-14)10-13-4-2-1-3-5-13/h1-5,14-15,21H,6-12H2,(H2,18,19,20)/t15-,17-/m0/s1. The highest BCUT2D eigenvalue weighted by molar-refractivity contribution is 7.99. The predicted octanol–water partition coefficient (Wildman–Crippen LogP) is 2.17. The van der Waals surface area contributed by atoms with Crippen LogP contribution in [-0.2, 0) is 6.42 Å². The maximum absolute atomic E-state index is 12.1. The molecule has 1 aromatic rings. The summed E-state index contributed by atoms with van der Waals surface area (Å²) in [4.78, 5) is 12.1. The van der Waals surface area contributed by atoms with E-state index in [0.717, 1.165) is 18.6 Å². The van der Waals surface area contributed by atoms with E-state index in [1.807, 2.05) is 18.2 Å². The van der Waals surface area contributed by atoms with Crippen molar-refractivity contribution in [3.8, 4) is 0 Å². The number of nitrogens with one attached hydrogen (secondary N) is 2. The van der Waals surface area contributed by atoms with Gasteiger partial charge in [0.15, 0.2) is 0 Å². The van der Waals surface area contributed by atoms with Crippen molar-refractivity contribution in [1.82, 2.24) is 10.6 Å². The highest BCUT2D eigenvalue weighted by Gasteiger charge is 2.34. The number of rotatable bonds is 6. The molecular formula is C17H24N2O2S. The van der Waals surface area contributed by atoms with Crippen LogP contribution in [0.1, 0.15) is 24.8 Å². The van der Waals surface area contributed by atoms with Gasteiger partial charge in [-0.2, -0.15) is 11.8 Å². The van der Waals surface area contributed by atoms with Crippen LogP contribution < -0.4 is 10.6 Å². The highest BCUT2D eigenvalue weighted by atomic mass is 32.2. The Morgan fingerprint density at radius 2 is 2.14 bits per heavy atom. The van der Waals surface area contributed by atoms with Gasteiger partial charge in [-0.05, 0) is 42.9 Å². The molecule has 1 aliphatic carbocycles. The van der Waals surface area contributed by atoms with Crippen LogP contribution in [0.2, 0.25) is 0 Å². The van der Waals surface area contributed by atoms with Gasteiger partial charge in [-0.3, -0.25) is 0 Å². The topological polar surface area (TPSA) is 61.4 Å². The van der Waals surface area contributed by atoms with Crippen LogP contribution in [0.3, 0.4) is 0 Å². The summed E-state index contributed by atoms with van der Waals surface area (Å²) in [7, 11) is 0. The van der Waals surface area contributed by atoms with Gasteiger partial charge in [-0.1, -0.05) is 30.3 Å². The molecule has 120 valence electrons. The molecule has 0 bridgehead atoms. The van der Waals surface area contributed by atoms with Crippen molar-refractivity contribution in [2.24, 2.45) is 5.92 Å². The zero-order valence-electron chi connectivity index (χ0n) is 12.8. The summed E-state index contributed by atoms with van der Waals surface area (Å²) in [5.41, 5.74) is 0.529. The first-order valence-electron chi connectivity index (χ1n) is 8.03. The molecule has 2 aliphatic rings. The number of carbonyl (C=O) groups excluding carboxylic acids is 1. The van der Waals surface area contributed by atoms with Gasteiger partial charge in [0.2, 0.25) is 0 Å². The molecule has 0 radical (unpaired) electrons. The molecule has 0 spiro atoms. The monoisotopic (exact) mass is 320 g/mol. The van der Waals surface area contributed by atoms with Gasteiger partial charge >= 0.3 is 6.03 Å². The Kier molecular flexibility index (Phi) is 4.93. The number of thioether (sulfide) groups is 1. The minimum atomic E-state index is -0.726. The van der Waals surface area contributed by atoms with Gasteiger partial charge in [0.25, 0.3) is 0 Å². The summed E-state index contributed by atoms with van der Waals surface area (Å²) in [6.45, 7) is 0.342. The fraction of sp³-hybridized carbons (Fsp3) is 0.588. The van der Waals surface area contributed by atoms with Gasteiger partial charge in [0.1, 0.15) is 0 Å².